The Balaban J connectivity index is 3.87. The molecule has 0 rings (SSSR count). The van der Waals surface area contributed by atoms with E-state index in [2.05, 4.69) is 48.9 Å². The van der Waals surface area contributed by atoms with Gasteiger partial charge in [0.1, 0.15) is 0 Å². The van der Waals surface area contributed by atoms with E-state index in [0.717, 1.165) is 5.33 Å². The van der Waals surface area contributed by atoms with Crippen LogP contribution in [0.1, 0.15) is 34.1 Å². The van der Waals surface area contributed by atoms with Crippen LogP contribution in [0.2, 0.25) is 0 Å². The average Bonchev–Trinajstić information content (AvgIpc) is 1.98. The van der Waals surface area contributed by atoms with Crippen molar-refractivity contribution in [3.8, 4) is 0 Å². The Morgan fingerprint density at radius 1 is 1.31 bits per heavy atom. The molecule has 0 saturated carbocycles. The molecule has 0 aliphatic carbocycles. The van der Waals surface area contributed by atoms with Gasteiger partial charge in [0.2, 0.25) is 5.91 Å². The van der Waals surface area contributed by atoms with Gasteiger partial charge in [0.15, 0.2) is 0 Å². The molecular weight excluding hydrogens is 230 g/mol. The minimum absolute atomic E-state index is 0.160. The molecule has 0 aromatic carbocycles. The van der Waals surface area contributed by atoms with E-state index in [9.17, 15) is 4.79 Å². The zero-order valence-electron chi connectivity index (χ0n) is 8.93. The third kappa shape index (κ3) is 6.08. The Morgan fingerprint density at radius 2 is 1.85 bits per heavy atom. The quantitative estimate of drug-likeness (QED) is 0.746. The summed E-state index contributed by atoms with van der Waals surface area (Å²) in [7, 11) is 0. The number of carbonyl (C=O) groups excluding carboxylic acids is 1. The highest BCUT2D eigenvalue weighted by molar-refractivity contribution is 9.09. The van der Waals surface area contributed by atoms with Crippen LogP contribution in [-0.4, -0.2) is 17.3 Å². The molecule has 13 heavy (non-hydrogen) atoms. The topological polar surface area (TPSA) is 29.1 Å². The zero-order valence-corrected chi connectivity index (χ0v) is 10.5. The van der Waals surface area contributed by atoms with Crippen molar-refractivity contribution in [2.24, 2.45) is 11.8 Å². The van der Waals surface area contributed by atoms with Gasteiger partial charge in [-0.15, -0.1) is 0 Å². The van der Waals surface area contributed by atoms with Crippen molar-refractivity contribution >= 4 is 21.8 Å². The highest BCUT2D eigenvalue weighted by Gasteiger charge is 2.14. The summed E-state index contributed by atoms with van der Waals surface area (Å²) >= 11 is 3.40. The molecule has 1 atom stereocenters. The van der Waals surface area contributed by atoms with E-state index in [-0.39, 0.29) is 11.9 Å². The highest BCUT2D eigenvalue weighted by Crippen LogP contribution is 2.06. The third-order valence-electron chi connectivity index (χ3n) is 1.91. The molecule has 2 nitrogen and oxygen atoms in total. The summed E-state index contributed by atoms with van der Waals surface area (Å²) < 4.78 is 0. The van der Waals surface area contributed by atoms with Crippen LogP contribution in [0.4, 0.5) is 0 Å². The first-order valence-electron chi connectivity index (χ1n) is 4.82. The summed E-state index contributed by atoms with van der Waals surface area (Å²) in [4.78, 5) is 11.4. The van der Waals surface area contributed by atoms with Gasteiger partial charge in [0.25, 0.3) is 0 Å². The van der Waals surface area contributed by atoms with Crippen molar-refractivity contribution in [1.29, 1.82) is 0 Å². The molecular formula is C10H20BrNO. The number of nitrogens with one attached hydrogen (secondary N) is 1. The smallest absolute Gasteiger partial charge is 0.220 e. The van der Waals surface area contributed by atoms with Gasteiger partial charge in [-0.2, -0.15) is 0 Å². The van der Waals surface area contributed by atoms with E-state index in [1.54, 1.807) is 0 Å². The maximum atomic E-state index is 11.4. The minimum Gasteiger partial charge on any atom is -0.352 e. The minimum atomic E-state index is 0.160. The van der Waals surface area contributed by atoms with Crippen LogP contribution >= 0.6 is 15.9 Å². The lowest BCUT2D eigenvalue weighted by atomic mass is 10.1. The number of halogens is 1. The number of rotatable bonds is 5. The van der Waals surface area contributed by atoms with E-state index >= 15 is 0 Å². The lowest BCUT2D eigenvalue weighted by Crippen LogP contribution is -2.40. The molecule has 78 valence electrons. The number of carbonyl (C=O) groups is 1. The van der Waals surface area contributed by atoms with E-state index in [0.29, 0.717) is 18.3 Å². The summed E-state index contributed by atoms with van der Waals surface area (Å²) in [5.41, 5.74) is 0. The molecule has 1 amide bonds. The lowest BCUT2D eigenvalue weighted by molar-refractivity contribution is -0.122. The second kappa shape index (κ2) is 6.41. The van der Waals surface area contributed by atoms with Crippen LogP contribution in [-0.2, 0) is 4.79 Å². The van der Waals surface area contributed by atoms with Crippen molar-refractivity contribution in [2.45, 2.75) is 40.2 Å². The van der Waals surface area contributed by atoms with E-state index < -0.39 is 0 Å². The van der Waals surface area contributed by atoms with E-state index in [4.69, 9.17) is 0 Å². The Morgan fingerprint density at radius 3 is 2.15 bits per heavy atom. The molecule has 3 heteroatoms. The molecule has 0 aliphatic heterocycles. The molecule has 0 spiro atoms. The fourth-order valence-electron chi connectivity index (χ4n) is 1.02. The predicted molar refractivity (Wildman–Crippen MR) is 60.0 cm³/mol. The first-order chi connectivity index (χ1) is 5.97. The normalized spacial score (nSPS) is 13.5. The molecule has 0 saturated heterocycles. The molecule has 0 aromatic heterocycles. The first-order valence-corrected chi connectivity index (χ1v) is 5.94. The van der Waals surface area contributed by atoms with Crippen LogP contribution in [0.3, 0.4) is 0 Å². The summed E-state index contributed by atoms with van der Waals surface area (Å²) in [5, 5.41) is 3.84. The number of hydrogen-bond acceptors (Lipinski definition) is 1. The molecule has 0 aliphatic rings. The molecule has 0 bridgehead atoms. The number of amides is 1. The Kier molecular flexibility index (Phi) is 6.39. The molecule has 0 aromatic rings. The van der Waals surface area contributed by atoms with Crippen LogP contribution in [0.5, 0.6) is 0 Å². The molecule has 0 heterocycles. The fourth-order valence-corrected chi connectivity index (χ4v) is 1.93. The largest absolute Gasteiger partial charge is 0.352 e. The summed E-state index contributed by atoms with van der Waals surface area (Å²) in [6.07, 6.45) is 0.621. The van der Waals surface area contributed by atoms with Crippen molar-refractivity contribution in [2.75, 3.05) is 5.33 Å². The van der Waals surface area contributed by atoms with Gasteiger partial charge in [0.05, 0.1) is 0 Å². The lowest BCUT2D eigenvalue weighted by Gasteiger charge is -2.20. The standard InChI is InChI=1S/C10H20BrNO/c1-7(2)5-10(13)12-9(6-11)8(3)4/h7-9H,5-6H2,1-4H3,(H,12,13). The van der Waals surface area contributed by atoms with Crippen LogP contribution < -0.4 is 5.32 Å². The maximum Gasteiger partial charge on any atom is 0.220 e. The number of alkyl halides is 1. The van der Waals surface area contributed by atoms with Crippen LogP contribution in [0.15, 0.2) is 0 Å². The average molecular weight is 250 g/mol. The number of hydrogen-bond donors (Lipinski definition) is 1. The summed E-state index contributed by atoms with van der Waals surface area (Å²) in [6.45, 7) is 8.33. The van der Waals surface area contributed by atoms with Gasteiger partial charge in [-0.1, -0.05) is 43.6 Å². The van der Waals surface area contributed by atoms with Gasteiger partial charge in [0, 0.05) is 17.8 Å². The Hall–Kier alpha value is -0.0500. The Labute approximate surface area is 89.6 Å². The van der Waals surface area contributed by atoms with E-state index in [1.807, 2.05) is 0 Å². The van der Waals surface area contributed by atoms with Gasteiger partial charge in [-0.25, -0.2) is 0 Å². The van der Waals surface area contributed by atoms with Crippen molar-refractivity contribution in [1.82, 2.24) is 5.32 Å². The fraction of sp³-hybridized carbons (Fsp3) is 0.900. The van der Waals surface area contributed by atoms with Crippen molar-refractivity contribution in [3.05, 3.63) is 0 Å². The second-order valence-electron chi connectivity index (χ2n) is 4.17. The zero-order chi connectivity index (χ0) is 10.4. The van der Waals surface area contributed by atoms with Gasteiger partial charge in [-0.3, -0.25) is 4.79 Å². The predicted octanol–water partition coefficient (Wildman–Crippen LogP) is 2.57. The monoisotopic (exact) mass is 249 g/mol. The summed E-state index contributed by atoms with van der Waals surface area (Å²) in [5.74, 6) is 1.08. The molecule has 0 fully saturated rings. The molecule has 1 N–H and O–H groups in total. The maximum absolute atomic E-state index is 11.4. The van der Waals surface area contributed by atoms with Crippen molar-refractivity contribution in [3.63, 3.8) is 0 Å². The Bertz CT molecular complexity index is 157. The molecule has 1 unspecified atom stereocenters. The second-order valence-corrected chi connectivity index (χ2v) is 4.82. The van der Waals surface area contributed by atoms with Gasteiger partial charge >= 0.3 is 0 Å². The SMILES string of the molecule is CC(C)CC(=O)NC(CBr)C(C)C. The van der Waals surface area contributed by atoms with Gasteiger partial charge < -0.3 is 5.32 Å². The highest BCUT2D eigenvalue weighted by atomic mass is 79.9. The van der Waals surface area contributed by atoms with Crippen LogP contribution in [0, 0.1) is 11.8 Å². The first kappa shape index (κ1) is 12.9. The van der Waals surface area contributed by atoms with Crippen LogP contribution in [0.25, 0.3) is 0 Å². The van der Waals surface area contributed by atoms with Crippen molar-refractivity contribution < 1.29 is 4.79 Å². The third-order valence-corrected chi connectivity index (χ3v) is 2.61. The molecule has 0 radical (unpaired) electrons. The summed E-state index contributed by atoms with van der Waals surface area (Å²) in [6, 6.07) is 0.256. The van der Waals surface area contributed by atoms with Gasteiger partial charge in [-0.05, 0) is 11.8 Å². The van der Waals surface area contributed by atoms with E-state index in [1.165, 1.54) is 0 Å².